The van der Waals surface area contributed by atoms with Crippen molar-refractivity contribution in [1.29, 1.82) is 0 Å². The van der Waals surface area contributed by atoms with E-state index in [1.54, 1.807) is 0 Å². The highest BCUT2D eigenvalue weighted by molar-refractivity contribution is 5.71. The zero-order chi connectivity index (χ0) is 39.2. The minimum absolute atomic E-state index is 0.0667. The average molecular weight is 751 g/mol. The summed E-state index contributed by atoms with van der Waals surface area (Å²) in [6.45, 7) is 13.6. The van der Waals surface area contributed by atoms with Crippen LogP contribution < -0.4 is 0 Å². The molecular formula is C47H90O6. The van der Waals surface area contributed by atoms with Crippen LogP contribution in [0.4, 0.5) is 0 Å². The lowest BCUT2D eigenvalue weighted by Crippen LogP contribution is -2.30. The van der Waals surface area contributed by atoms with Crippen molar-refractivity contribution in [3.63, 3.8) is 0 Å². The molecule has 0 N–H and O–H groups in total. The molecule has 0 rings (SSSR count). The van der Waals surface area contributed by atoms with Gasteiger partial charge in [0.2, 0.25) is 0 Å². The van der Waals surface area contributed by atoms with Crippen LogP contribution in [0.5, 0.6) is 0 Å². The molecule has 0 saturated heterocycles. The highest BCUT2D eigenvalue weighted by Gasteiger charge is 2.19. The Kier molecular flexibility index (Phi) is 37.5. The number of ether oxygens (including phenoxy) is 3. The van der Waals surface area contributed by atoms with Crippen LogP contribution in [0.25, 0.3) is 0 Å². The Bertz CT molecular complexity index is 822. The SMILES string of the molecule is CC(C)CCCCCCCCCCCCCCC(=O)OC[C@@H](COC(=O)CCCCCCCCCC(C)C)OC(=O)CCCCCCCCCC(C)C. The van der Waals surface area contributed by atoms with Gasteiger partial charge in [0.05, 0.1) is 0 Å². The van der Waals surface area contributed by atoms with Crippen LogP contribution in [-0.4, -0.2) is 37.2 Å². The molecule has 0 radical (unpaired) electrons. The van der Waals surface area contributed by atoms with Crippen LogP contribution in [0.2, 0.25) is 0 Å². The van der Waals surface area contributed by atoms with Gasteiger partial charge in [0.15, 0.2) is 6.10 Å². The maximum atomic E-state index is 12.7. The first-order valence-corrected chi connectivity index (χ1v) is 23.1. The van der Waals surface area contributed by atoms with E-state index in [0.717, 1.165) is 75.5 Å². The van der Waals surface area contributed by atoms with Crippen LogP contribution in [0.3, 0.4) is 0 Å². The Balaban J connectivity index is 4.30. The lowest BCUT2D eigenvalue weighted by molar-refractivity contribution is -0.167. The minimum Gasteiger partial charge on any atom is -0.462 e. The molecule has 0 heterocycles. The number of hydrogen-bond donors (Lipinski definition) is 0. The predicted octanol–water partition coefficient (Wildman–Crippen LogP) is 14.4. The van der Waals surface area contributed by atoms with Gasteiger partial charge < -0.3 is 14.2 Å². The lowest BCUT2D eigenvalue weighted by Gasteiger charge is -2.18. The lowest BCUT2D eigenvalue weighted by atomic mass is 10.0. The Morgan fingerprint density at radius 2 is 0.547 bits per heavy atom. The zero-order valence-electron chi connectivity index (χ0n) is 36.3. The summed E-state index contributed by atoms with van der Waals surface area (Å²) in [5, 5.41) is 0. The fourth-order valence-electron chi connectivity index (χ4n) is 6.88. The van der Waals surface area contributed by atoms with Crippen molar-refractivity contribution < 1.29 is 28.6 Å². The van der Waals surface area contributed by atoms with E-state index in [-0.39, 0.29) is 31.1 Å². The number of unbranched alkanes of at least 4 members (excludes halogenated alkanes) is 23. The molecule has 0 amide bonds. The molecule has 0 aromatic rings. The fraction of sp³-hybridized carbons (Fsp3) is 0.936. The van der Waals surface area contributed by atoms with E-state index >= 15 is 0 Å². The maximum absolute atomic E-state index is 12.7. The smallest absolute Gasteiger partial charge is 0.306 e. The van der Waals surface area contributed by atoms with Gasteiger partial charge in [-0.1, -0.05) is 208 Å². The summed E-state index contributed by atoms with van der Waals surface area (Å²) in [7, 11) is 0. The molecule has 0 unspecified atom stereocenters. The molecule has 0 aliphatic rings. The summed E-state index contributed by atoms with van der Waals surface area (Å²) < 4.78 is 16.7. The number of rotatable bonds is 40. The second-order valence-corrected chi connectivity index (χ2v) is 17.5. The van der Waals surface area contributed by atoms with Crippen molar-refractivity contribution in [2.75, 3.05) is 13.2 Å². The van der Waals surface area contributed by atoms with Gasteiger partial charge in [0, 0.05) is 19.3 Å². The third-order valence-electron chi connectivity index (χ3n) is 10.4. The average Bonchev–Trinajstić information content (AvgIpc) is 3.11. The van der Waals surface area contributed by atoms with Gasteiger partial charge in [-0.05, 0) is 37.0 Å². The number of esters is 3. The summed E-state index contributed by atoms with van der Waals surface area (Å²) in [6, 6.07) is 0. The fourth-order valence-corrected chi connectivity index (χ4v) is 6.88. The zero-order valence-corrected chi connectivity index (χ0v) is 36.3. The van der Waals surface area contributed by atoms with Gasteiger partial charge in [-0.25, -0.2) is 0 Å². The van der Waals surface area contributed by atoms with Gasteiger partial charge in [-0.2, -0.15) is 0 Å². The normalized spacial score (nSPS) is 12.2. The van der Waals surface area contributed by atoms with Crippen LogP contribution in [-0.2, 0) is 28.6 Å². The van der Waals surface area contributed by atoms with E-state index in [1.807, 2.05) is 0 Å². The van der Waals surface area contributed by atoms with Crippen LogP contribution >= 0.6 is 0 Å². The minimum atomic E-state index is -0.762. The predicted molar refractivity (Wildman–Crippen MR) is 224 cm³/mol. The van der Waals surface area contributed by atoms with Gasteiger partial charge in [-0.15, -0.1) is 0 Å². The van der Waals surface area contributed by atoms with Crippen LogP contribution in [0, 0.1) is 17.8 Å². The first kappa shape index (κ1) is 51.4. The highest BCUT2D eigenvalue weighted by atomic mass is 16.6. The molecule has 0 aromatic carbocycles. The summed E-state index contributed by atoms with van der Waals surface area (Å²) in [4.78, 5) is 37.7. The van der Waals surface area contributed by atoms with Crippen LogP contribution in [0.15, 0.2) is 0 Å². The van der Waals surface area contributed by atoms with Crippen molar-refractivity contribution >= 4 is 17.9 Å². The first-order chi connectivity index (χ1) is 25.6. The number of carbonyl (C=O) groups excluding carboxylic acids is 3. The molecule has 0 bridgehead atoms. The van der Waals surface area contributed by atoms with E-state index in [1.165, 1.54) is 128 Å². The molecule has 6 nitrogen and oxygen atoms in total. The first-order valence-electron chi connectivity index (χ1n) is 23.1. The molecule has 0 aliphatic carbocycles. The molecule has 6 heteroatoms. The monoisotopic (exact) mass is 751 g/mol. The van der Waals surface area contributed by atoms with Gasteiger partial charge >= 0.3 is 17.9 Å². The van der Waals surface area contributed by atoms with Crippen molar-refractivity contribution in [2.24, 2.45) is 17.8 Å². The summed E-state index contributed by atoms with van der Waals surface area (Å²) in [5.41, 5.74) is 0. The second kappa shape index (κ2) is 38.7. The molecule has 0 spiro atoms. The van der Waals surface area contributed by atoms with Crippen LogP contribution in [0.1, 0.15) is 247 Å². The van der Waals surface area contributed by atoms with Gasteiger partial charge in [0.25, 0.3) is 0 Å². The van der Waals surface area contributed by atoms with Crippen molar-refractivity contribution in [2.45, 2.75) is 253 Å². The Morgan fingerprint density at radius 3 is 0.811 bits per heavy atom. The van der Waals surface area contributed by atoms with Crippen molar-refractivity contribution in [1.82, 2.24) is 0 Å². The molecular weight excluding hydrogens is 661 g/mol. The molecule has 1 atom stereocenters. The summed E-state index contributed by atoms with van der Waals surface area (Å²) >= 11 is 0. The van der Waals surface area contributed by atoms with Gasteiger partial charge in [-0.3, -0.25) is 14.4 Å². The van der Waals surface area contributed by atoms with E-state index in [0.29, 0.717) is 19.3 Å². The highest BCUT2D eigenvalue weighted by Crippen LogP contribution is 2.17. The maximum Gasteiger partial charge on any atom is 0.306 e. The Hall–Kier alpha value is -1.59. The number of carbonyl (C=O) groups is 3. The van der Waals surface area contributed by atoms with Crippen molar-refractivity contribution in [3.8, 4) is 0 Å². The third kappa shape index (κ3) is 41.4. The summed E-state index contributed by atoms with van der Waals surface area (Å²) in [6.07, 6.45) is 35.3. The van der Waals surface area contributed by atoms with E-state index in [2.05, 4.69) is 41.5 Å². The number of hydrogen-bond acceptors (Lipinski definition) is 6. The molecule has 0 aromatic heterocycles. The molecule has 53 heavy (non-hydrogen) atoms. The van der Waals surface area contributed by atoms with Crippen molar-refractivity contribution in [3.05, 3.63) is 0 Å². The Morgan fingerprint density at radius 1 is 0.321 bits per heavy atom. The molecule has 0 fully saturated rings. The quantitative estimate of drug-likeness (QED) is 0.0352. The topological polar surface area (TPSA) is 78.9 Å². The van der Waals surface area contributed by atoms with Gasteiger partial charge in [0.1, 0.15) is 13.2 Å². The molecule has 314 valence electrons. The Labute approximate surface area is 329 Å². The third-order valence-corrected chi connectivity index (χ3v) is 10.4. The molecule has 0 aliphatic heterocycles. The molecule has 0 saturated carbocycles. The largest absolute Gasteiger partial charge is 0.462 e. The van der Waals surface area contributed by atoms with E-state index in [4.69, 9.17) is 14.2 Å². The van der Waals surface area contributed by atoms with E-state index in [9.17, 15) is 14.4 Å². The second-order valence-electron chi connectivity index (χ2n) is 17.5. The standard InChI is InChI=1S/C47H90O6/c1-41(2)33-27-21-15-11-9-7-8-10-12-18-24-30-36-45(48)51-39-44(53-47(50)38-32-26-20-14-17-23-29-35-43(5)6)40-52-46(49)37-31-25-19-13-16-22-28-34-42(3)4/h41-44H,7-40H2,1-6H3/t44-/m0/s1. The van der Waals surface area contributed by atoms with E-state index < -0.39 is 6.10 Å². The summed E-state index contributed by atoms with van der Waals surface area (Å²) in [5.74, 6) is 1.53.